The Kier molecular flexibility index (Phi) is 6.99. The summed E-state index contributed by atoms with van der Waals surface area (Å²) in [5.41, 5.74) is 2.96. The second kappa shape index (κ2) is 9.90. The molecule has 0 spiro atoms. The molecule has 2 heterocycles. The third kappa shape index (κ3) is 5.23. The molecule has 5 nitrogen and oxygen atoms in total. The van der Waals surface area contributed by atoms with Crippen LogP contribution in [-0.4, -0.2) is 60.3 Å². The number of anilines is 1. The molecule has 4 rings (SSSR count). The lowest BCUT2D eigenvalue weighted by molar-refractivity contribution is 0.0101. The van der Waals surface area contributed by atoms with Crippen molar-refractivity contribution < 1.29 is 13.9 Å². The van der Waals surface area contributed by atoms with Gasteiger partial charge >= 0.3 is 6.09 Å². The van der Waals surface area contributed by atoms with E-state index in [2.05, 4.69) is 47.9 Å². The summed E-state index contributed by atoms with van der Waals surface area (Å²) < 4.78 is 19.6. The van der Waals surface area contributed by atoms with Crippen LogP contribution in [-0.2, 0) is 11.3 Å². The fourth-order valence-corrected chi connectivity index (χ4v) is 4.95. The van der Waals surface area contributed by atoms with Crippen LogP contribution < -0.4 is 4.90 Å². The average molecular weight is 440 g/mol. The number of hydrogen-bond acceptors (Lipinski definition) is 4. The number of piperazine rings is 1. The lowest BCUT2D eigenvalue weighted by Crippen LogP contribution is -2.59. The second-order valence-electron chi connectivity index (χ2n) is 9.29. The number of amides is 1. The summed E-state index contributed by atoms with van der Waals surface area (Å²) in [6, 6.07) is 15.8. The minimum atomic E-state index is -0.207. The van der Waals surface area contributed by atoms with Gasteiger partial charge in [-0.15, -0.1) is 0 Å². The van der Waals surface area contributed by atoms with Crippen molar-refractivity contribution in [2.45, 2.75) is 58.3 Å². The molecule has 1 amide bonds. The first-order chi connectivity index (χ1) is 15.4. The van der Waals surface area contributed by atoms with E-state index < -0.39 is 0 Å². The Hall–Kier alpha value is -2.60. The van der Waals surface area contributed by atoms with E-state index in [1.54, 1.807) is 6.92 Å². The van der Waals surface area contributed by atoms with E-state index in [1.807, 2.05) is 23.1 Å². The molecular weight excluding hydrogens is 405 g/mol. The summed E-state index contributed by atoms with van der Waals surface area (Å²) in [5.74, 6) is -0.188. The third-order valence-electron chi connectivity index (χ3n) is 6.69. The van der Waals surface area contributed by atoms with E-state index >= 15 is 0 Å². The molecule has 0 saturated carbocycles. The van der Waals surface area contributed by atoms with Crippen LogP contribution in [0.2, 0.25) is 0 Å². The molecule has 2 aliphatic rings. The SMILES string of the molecule is Cc1cc(N2C[C@@H](C)N(C(=O)OC3CCN(Cc4ccccc4)CC3)[C@@H](C)C2)ccc1F. The molecule has 0 aliphatic carbocycles. The molecule has 2 fully saturated rings. The van der Waals surface area contributed by atoms with E-state index in [9.17, 15) is 9.18 Å². The molecule has 6 heteroatoms. The van der Waals surface area contributed by atoms with Gasteiger partial charge in [0.25, 0.3) is 0 Å². The molecule has 0 N–H and O–H groups in total. The second-order valence-corrected chi connectivity index (χ2v) is 9.29. The molecular formula is C26H34FN3O2. The summed E-state index contributed by atoms with van der Waals surface area (Å²) in [7, 11) is 0. The largest absolute Gasteiger partial charge is 0.446 e. The summed E-state index contributed by atoms with van der Waals surface area (Å²) in [6.07, 6.45) is 1.51. The van der Waals surface area contributed by atoms with E-state index in [1.165, 1.54) is 11.6 Å². The van der Waals surface area contributed by atoms with E-state index in [-0.39, 0.29) is 30.1 Å². The van der Waals surface area contributed by atoms with Gasteiger partial charge in [0.1, 0.15) is 11.9 Å². The van der Waals surface area contributed by atoms with Gasteiger partial charge in [-0.25, -0.2) is 9.18 Å². The number of ether oxygens (including phenoxy) is 1. The molecule has 0 bridgehead atoms. The zero-order valence-electron chi connectivity index (χ0n) is 19.3. The van der Waals surface area contributed by atoms with Crippen molar-refractivity contribution in [3.8, 4) is 0 Å². The van der Waals surface area contributed by atoms with Crippen LogP contribution >= 0.6 is 0 Å². The smallest absolute Gasteiger partial charge is 0.410 e. The Bertz CT molecular complexity index is 903. The topological polar surface area (TPSA) is 36.0 Å². The Labute approximate surface area is 190 Å². The van der Waals surface area contributed by atoms with Gasteiger partial charge in [0.2, 0.25) is 0 Å². The van der Waals surface area contributed by atoms with Gasteiger partial charge in [-0.3, -0.25) is 9.80 Å². The number of rotatable bonds is 4. The maximum atomic E-state index is 13.7. The molecule has 0 unspecified atom stereocenters. The van der Waals surface area contributed by atoms with Gasteiger partial charge in [-0.1, -0.05) is 30.3 Å². The van der Waals surface area contributed by atoms with Crippen LogP contribution in [0.3, 0.4) is 0 Å². The summed E-state index contributed by atoms with van der Waals surface area (Å²) >= 11 is 0. The molecule has 2 saturated heterocycles. The predicted molar refractivity (Wildman–Crippen MR) is 125 cm³/mol. The number of nitrogens with zero attached hydrogens (tertiary/aromatic N) is 3. The first-order valence-electron chi connectivity index (χ1n) is 11.7. The van der Waals surface area contributed by atoms with Crippen LogP contribution in [0, 0.1) is 12.7 Å². The number of halogens is 1. The van der Waals surface area contributed by atoms with Crippen molar-refractivity contribution in [1.29, 1.82) is 0 Å². The predicted octanol–water partition coefficient (Wildman–Crippen LogP) is 4.83. The number of piperidine rings is 1. The maximum Gasteiger partial charge on any atom is 0.410 e. The van der Waals surface area contributed by atoms with Gasteiger partial charge in [-0.2, -0.15) is 0 Å². The van der Waals surface area contributed by atoms with Gasteiger partial charge < -0.3 is 9.64 Å². The molecule has 0 radical (unpaired) electrons. The summed E-state index contributed by atoms with van der Waals surface area (Å²) in [4.78, 5) is 19.6. The summed E-state index contributed by atoms with van der Waals surface area (Å²) in [5, 5.41) is 0. The van der Waals surface area contributed by atoms with Gasteiger partial charge in [0, 0.05) is 38.4 Å². The number of benzene rings is 2. The minimum Gasteiger partial charge on any atom is -0.446 e. The fraction of sp³-hybridized carbons (Fsp3) is 0.500. The Morgan fingerprint density at radius 3 is 2.31 bits per heavy atom. The van der Waals surface area contributed by atoms with Gasteiger partial charge in [0.05, 0.1) is 12.1 Å². The Morgan fingerprint density at radius 1 is 1.03 bits per heavy atom. The zero-order chi connectivity index (χ0) is 22.7. The van der Waals surface area contributed by atoms with Crippen molar-refractivity contribution >= 4 is 11.8 Å². The first kappa shape index (κ1) is 22.6. The van der Waals surface area contributed by atoms with Crippen molar-refractivity contribution in [3.63, 3.8) is 0 Å². The van der Waals surface area contributed by atoms with Crippen LogP contribution in [0.4, 0.5) is 14.9 Å². The standard InChI is InChI=1S/C26H34FN3O2/c1-19-15-23(9-10-25(19)27)29-16-20(2)30(21(3)17-29)26(31)32-24-11-13-28(14-12-24)18-22-7-5-4-6-8-22/h4-10,15,20-21,24H,11-14,16-18H2,1-3H3/t20-,21+. The molecule has 0 aromatic heterocycles. The first-order valence-corrected chi connectivity index (χ1v) is 11.7. The number of carbonyl (C=O) groups excluding carboxylic acids is 1. The van der Waals surface area contributed by atoms with Crippen molar-refractivity contribution in [3.05, 3.63) is 65.5 Å². The highest BCUT2D eigenvalue weighted by atomic mass is 19.1. The summed E-state index contributed by atoms with van der Waals surface area (Å²) in [6.45, 7) is 10.1. The van der Waals surface area contributed by atoms with Crippen LogP contribution in [0.15, 0.2) is 48.5 Å². The van der Waals surface area contributed by atoms with Gasteiger partial charge in [0.15, 0.2) is 0 Å². The highest BCUT2D eigenvalue weighted by molar-refractivity contribution is 5.69. The average Bonchev–Trinajstić information content (AvgIpc) is 2.77. The Morgan fingerprint density at radius 2 is 1.69 bits per heavy atom. The monoisotopic (exact) mass is 439 g/mol. The van der Waals surface area contributed by atoms with Crippen molar-refractivity contribution in [2.24, 2.45) is 0 Å². The quantitative estimate of drug-likeness (QED) is 0.683. The maximum absolute atomic E-state index is 13.7. The number of hydrogen-bond donors (Lipinski definition) is 0. The third-order valence-corrected chi connectivity index (χ3v) is 6.69. The van der Waals surface area contributed by atoms with Crippen LogP contribution in [0.1, 0.15) is 37.8 Å². The van der Waals surface area contributed by atoms with Crippen molar-refractivity contribution in [2.75, 3.05) is 31.1 Å². The Balaban J connectivity index is 1.29. The number of likely N-dealkylation sites (tertiary alicyclic amines) is 1. The highest BCUT2D eigenvalue weighted by Crippen LogP contribution is 2.26. The van der Waals surface area contributed by atoms with Crippen LogP contribution in [0.25, 0.3) is 0 Å². The number of aryl methyl sites for hydroxylation is 1. The van der Waals surface area contributed by atoms with Crippen LogP contribution in [0.5, 0.6) is 0 Å². The van der Waals surface area contributed by atoms with E-state index in [0.717, 1.165) is 38.2 Å². The molecule has 32 heavy (non-hydrogen) atoms. The minimum absolute atomic E-state index is 0.0216. The van der Waals surface area contributed by atoms with E-state index in [4.69, 9.17) is 4.74 Å². The van der Waals surface area contributed by atoms with Gasteiger partial charge in [-0.05, 0) is 62.9 Å². The van der Waals surface area contributed by atoms with Crippen molar-refractivity contribution in [1.82, 2.24) is 9.80 Å². The molecule has 172 valence electrons. The molecule has 2 aromatic rings. The normalized spacial score (nSPS) is 22.8. The zero-order valence-corrected chi connectivity index (χ0v) is 19.3. The lowest BCUT2D eigenvalue weighted by atomic mass is 10.1. The fourth-order valence-electron chi connectivity index (χ4n) is 4.95. The lowest BCUT2D eigenvalue weighted by Gasteiger charge is -2.45. The molecule has 2 atom stereocenters. The number of carbonyl (C=O) groups is 1. The van der Waals surface area contributed by atoms with E-state index in [0.29, 0.717) is 18.7 Å². The molecule has 2 aliphatic heterocycles. The molecule has 2 aromatic carbocycles. The highest BCUT2D eigenvalue weighted by Gasteiger charge is 2.35.